The molecule has 4 heteroatoms. The third-order valence-electron chi connectivity index (χ3n) is 4.07. The van der Waals surface area contributed by atoms with Gasteiger partial charge in [-0.3, -0.25) is 9.78 Å². The number of pyridine rings is 1. The summed E-state index contributed by atoms with van der Waals surface area (Å²) in [6, 6.07) is 15.7. The number of rotatable bonds is 4. The highest BCUT2D eigenvalue weighted by Crippen LogP contribution is 2.22. The highest BCUT2D eigenvalue weighted by molar-refractivity contribution is 6.05. The summed E-state index contributed by atoms with van der Waals surface area (Å²) in [6.45, 7) is 6.06. The first-order valence-electron chi connectivity index (χ1n) is 8.19. The van der Waals surface area contributed by atoms with Gasteiger partial charge in [0.2, 0.25) is 0 Å². The first kappa shape index (κ1) is 16.7. The average molecular weight is 331 g/mol. The number of para-hydroxylation sites is 1. The quantitative estimate of drug-likeness (QED) is 0.707. The SMILES string of the molecule is Cc1ccc(C)c(Nc2cncc(C(=O)Nc3ccccc3C)c2)c1. The van der Waals surface area contributed by atoms with Gasteiger partial charge < -0.3 is 10.6 Å². The Bertz CT molecular complexity index is 919. The Kier molecular flexibility index (Phi) is 4.80. The molecule has 0 unspecified atom stereocenters. The topological polar surface area (TPSA) is 54.0 Å². The van der Waals surface area contributed by atoms with E-state index < -0.39 is 0 Å². The molecule has 0 aliphatic carbocycles. The summed E-state index contributed by atoms with van der Waals surface area (Å²) < 4.78 is 0. The average Bonchev–Trinajstić information content (AvgIpc) is 2.60. The Morgan fingerprint density at radius 3 is 2.44 bits per heavy atom. The van der Waals surface area contributed by atoms with E-state index in [1.807, 2.05) is 44.2 Å². The maximum atomic E-state index is 12.5. The molecule has 2 aromatic carbocycles. The van der Waals surface area contributed by atoms with Gasteiger partial charge in [0.1, 0.15) is 0 Å². The molecule has 0 saturated carbocycles. The number of nitrogens with zero attached hydrogens (tertiary/aromatic N) is 1. The van der Waals surface area contributed by atoms with E-state index in [1.54, 1.807) is 12.4 Å². The molecular formula is C21H21N3O. The molecule has 1 amide bonds. The van der Waals surface area contributed by atoms with Gasteiger partial charge in [0.05, 0.1) is 17.4 Å². The summed E-state index contributed by atoms with van der Waals surface area (Å²) in [5, 5.41) is 6.27. The van der Waals surface area contributed by atoms with Crippen LogP contribution >= 0.6 is 0 Å². The number of hydrogen-bond acceptors (Lipinski definition) is 3. The number of benzene rings is 2. The van der Waals surface area contributed by atoms with Crippen LogP contribution in [0.4, 0.5) is 17.1 Å². The predicted molar refractivity (Wildman–Crippen MR) is 103 cm³/mol. The lowest BCUT2D eigenvalue weighted by Crippen LogP contribution is -2.13. The van der Waals surface area contributed by atoms with Crippen molar-refractivity contribution in [2.75, 3.05) is 10.6 Å². The lowest BCUT2D eigenvalue weighted by Gasteiger charge is -2.12. The molecule has 3 aromatic rings. The molecule has 0 aliphatic heterocycles. The van der Waals surface area contributed by atoms with Crippen molar-refractivity contribution in [3.05, 3.63) is 83.2 Å². The number of carbonyl (C=O) groups is 1. The van der Waals surface area contributed by atoms with Crippen LogP contribution in [0, 0.1) is 20.8 Å². The fraction of sp³-hybridized carbons (Fsp3) is 0.143. The number of hydrogen-bond donors (Lipinski definition) is 2. The number of aromatic nitrogens is 1. The molecule has 0 bridgehead atoms. The predicted octanol–water partition coefficient (Wildman–Crippen LogP) is 5.00. The monoisotopic (exact) mass is 331 g/mol. The Morgan fingerprint density at radius 1 is 0.880 bits per heavy atom. The van der Waals surface area contributed by atoms with Gasteiger partial charge in [-0.25, -0.2) is 0 Å². The van der Waals surface area contributed by atoms with Gasteiger partial charge >= 0.3 is 0 Å². The molecule has 2 N–H and O–H groups in total. The van der Waals surface area contributed by atoms with E-state index in [0.29, 0.717) is 5.56 Å². The first-order valence-corrected chi connectivity index (χ1v) is 8.19. The number of amides is 1. The van der Waals surface area contributed by atoms with Gasteiger partial charge in [-0.15, -0.1) is 0 Å². The molecule has 0 radical (unpaired) electrons. The molecule has 3 rings (SSSR count). The van der Waals surface area contributed by atoms with E-state index in [2.05, 4.69) is 40.7 Å². The minimum atomic E-state index is -0.175. The highest BCUT2D eigenvalue weighted by Gasteiger charge is 2.09. The second-order valence-corrected chi connectivity index (χ2v) is 6.17. The van der Waals surface area contributed by atoms with Crippen LogP contribution in [-0.4, -0.2) is 10.9 Å². The minimum absolute atomic E-state index is 0.175. The van der Waals surface area contributed by atoms with Crippen molar-refractivity contribution in [2.24, 2.45) is 0 Å². The van der Waals surface area contributed by atoms with Crippen molar-refractivity contribution in [3.63, 3.8) is 0 Å². The molecule has 0 fully saturated rings. The molecule has 0 aliphatic rings. The van der Waals surface area contributed by atoms with Crippen LogP contribution in [0.5, 0.6) is 0 Å². The summed E-state index contributed by atoms with van der Waals surface area (Å²) in [5.74, 6) is -0.175. The van der Waals surface area contributed by atoms with Crippen molar-refractivity contribution < 1.29 is 4.79 Å². The maximum Gasteiger partial charge on any atom is 0.257 e. The van der Waals surface area contributed by atoms with Crippen LogP contribution in [0.15, 0.2) is 60.9 Å². The molecule has 4 nitrogen and oxygen atoms in total. The summed E-state index contributed by atoms with van der Waals surface area (Å²) in [5.41, 5.74) is 6.45. The van der Waals surface area contributed by atoms with E-state index in [1.165, 1.54) is 5.56 Å². The molecule has 25 heavy (non-hydrogen) atoms. The zero-order valence-electron chi connectivity index (χ0n) is 14.6. The number of anilines is 3. The van der Waals surface area contributed by atoms with E-state index in [9.17, 15) is 4.79 Å². The van der Waals surface area contributed by atoms with E-state index in [-0.39, 0.29) is 5.91 Å². The third kappa shape index (κ3) is 4.04. The molecule has 0 atom stereocenters. The largest absolute Gasteiger partial charge is 0.354 e. The van der Waals surface area contributed by atoms with Gasteiger partial charge in [0, 0.05) is 17.6 Å². The summed E-state index contributed by atoms with van der Waals surface area (Å²) >= 11 is 0. The molecule has 1 heterocycles. The van der Waals surface area contributed by atoms with Gasteiger partial charge in [0.15, 0.2) is 0 Å². The van der Waals surface area contributed by atoms with Crippen LogP contribution < -0.4 is 10.6 Å². The molecule has 1 aromatic heterocycles. The zero-order valence-corrected chi connectivity index (χ0v) is 14.6. The summed E-state index contributed by atoms with van der Waals surface area (Å²) in [6.07, 6.45) is 3.29. The van der Waals surface area contributed by atoms with E-state index in [4.69, 9.17) is 0 Å². The Hall–Kier alpha value is -3.14. The first-order chi connectivity index (χ1) is 12.0. The molecule has 0 spiro atoms. The minimum Gasteiger partial charge on any atom is -0.354 e. The second-order valence-electron chi connectivity index (χ2n) is 6.17. The lowest BCUT2D eigenvalue weighted by atomic mass is 10.1. The van der Waals surface area contributed by atoms with E-state index >= 15 is 0 Å². The van der Waals surface area contributed by atoms with Crippen LogP contribution in [-0.2, 0) is 0 Å². The van der Waals surface area contributed by atoms with Crippen molar-refractivity contribution >= 4 is 23.0 Å². The molecule has 0 saturated heterocycles. The van der Waals surface area contributed by atoms with Gasteiger partial charge in [0.25, 0.3) is 5.91 Å². The summed E-state index contributed by atoms with van der Waals surface area (Å²) in [7, 11) is 0. The van der Waals surface area contributed by atoms with Crippen molar-refractivity contribution in [3.8, 4) is 0 Å². The normalized spacial score (nSPS) is 10.4. The van der Waals surface area contributed by atoms with E-state index in [0.717, 1.165) is 28.2 Å². The smallest absolute Gasteiger partial charge is 0.257 e. The highest BCUT2D eigenvalue weighted by atomic mass is 16.1. The molecular weight excluding hydrogens is 310 g/mol. The van der Waals surface area contributed by atoms with Crippen LogP contribution in [0.3, 0.4) is 0 Å². The van der Waals surface area contributed by atoms with Crippen molar-refractivity contribution in [1.29, 1.82) is 0 Å². The van der Waals surface area contributed by atoms with Crippen molar-refractivity contribution in [2.45, 2.75) is 20.8 Å². The van der Waals surface area contributed by atoms with Gasteiger partial charge in [-0.1, -0.05) is 30.3 Å². The third-order valence-corrected chi connectivity index (χ3v) is 4.07. The Morgan fingerprint density at radius 2 is 1.64 bits per heavy atom. The maximum absolute atomic E-state index is 12.5. The number of carbonyl (C=O) groups excluding carboxylic acids is 1. The van der Waals surface area contributed by atoms with Gasteiger partial charge in [-0.05, 0) is 55.7 Å². The fourth-order valence-electron chi connectivity index (χ4n) is 2.57. The fourth-order valence-corrected chi connectivity index (χ4v) is 2.57. The van der Waals surface area contributed by atoms with Crippen LogP contribution in [0.2, 0.25) is 0 Å². The standard InChI is InChI=1S/C21H21N3O/c1-14-8-9-16(3)20(10-14)23-18-11-17(12-22-13-18)21(25)24-19-7-5-4-6-15(19)2/h4-13,23H,1-3H3,(H,24,25). The van der Waals surface area contributed by atoms with Crippen molar-refractivity contribution in [1.82, 2.24) is 4.98 Å². The Labute approximate surface area is 147 Å². The van der Waals surface area contributed by atoms with Crippen LogP contribution in [0.1, 0.15) is 27.0 Å². The number of aryl methyl sites for hydroxylation is 3. The van der Waals surface area contributed by atoms with Gasteiger partial charge in [-0.2, -0.15) is 0 Å². The molecule has 126 valence electrons. The van der Waals surface area contributed by atoms with Crippen LogP contribution in [0.25, 0.3) is 0 Å². The summed E-state index contributed by atoms with van der Waals surface area (Å²) in [4.78, 5) is 16.7. The zero-order chi connectivity index (χ0) is 17.8. The second kappa shape index (κ2) is 7.18. The lowest BCUT2D eigenvalue weighted by molar-refractivity contribution is 0.102. The Balaban J connectivity index is 1.80. The number of nitrogens with one attached hydrogen (secondary N) is 2.